The van der Waals surface area contributed by atoms with Crippen LogP contribution in [0.4, 0.5) is 23.2 Å². The van der Waals surface area contributed by atoms with Gasteiger partial charge in [0, 0.05) is 6.04 Å². The summed E-state index contributed by atoms with van der Waals surface area (Å²) in [6.07, 6.45) is -4.43. The van der Waals surface area contributed by atoms with Crippen LogP contribution in [0.15, 0.2) is 42.5 Å². The van der Waals surface area contributed by atoms with Gasteiger partial charge in [-0.05, 0) is 42.8 Å². The number of hydrogen-bond acceptors (Lipinski definition) is 1. The predicted octanol–water partition coefficient (Wildman–Crippen LogP) is 5.67. The van der Waals surface area contributed by atoms with Gasteiger partial charge < -0.3 is 5.32 Å². The first-order valence-corrected chi connectivity index (χ1v) is 6.54. The molecule has 0 aliphatic carbocycles. The lowest BCUT2D eigenvalue weighted by Crippen LogP contribution is -2.10. The van der Waals surface area contributed by atoms with Crippen molar-refractivity contribution in [1.29, 1.82) is 0 Å². The molecule has 0 aliphatic heterocycles. The molecule has 112 valence electrons. The minimum Gasteiger partial charge on any atom is -0.377 e. The van der Waals surface area contributed by atoms with Crippen LogP contribution < -0.4 is 5.32 Å². The van der Waals surface area contributed by atoms with E-state index >= 15 is 0 Å². The van der Waals surface area contributed by atoms with E-state index in [2.05, 4.69) is 5.32 Å². The summed E-state index contributed by atoms with van der Waals surface area (Å²) in [5, 5.41) is 3.10. The molecule has 0 fully saturated rings. The normalized spacial score (nSPS) is 13.0. The highest BCUT2D eigenvalue weighted by Gasteiger charge is 2.31. The van der Waals surface area contributed by atoms with Gasteiger partial charge in [0.1, 0.15) is 5.82 Å². The van der Waals surface area contributed by atoms with E-state index in [1.807, 2.05) is 0 Å². The number of alkyl halides is 3. The van der Waals surface area contributed by atoms with Gasteiger partial charge in [-0.25, -0.2) is 4.39 Å². The van der Waals surface area contributed by atoms with Crippen LogP contribution in [-0.2, 0) is 6.18 Å². The summed E-state index contributed by atoms with van der Waals surface area (Å²) in [5.74, 6) is -0.372. The molecule has 21 heavy (non-hydrogen) atoms. The summed E-state index contributed by atoms with van der Waals surface area (Å²) in [7, 11) is 0. The Labute approximate surface area is 124 Å². The molecule has 0 amide bonds. The second kappa shape index (κ2) is 5.93. The third-order valence-corrected chi connectivity index (χ3v) is 3.37. The maximum Gasteiger partial charge on any atom is 0.416 e. The highest BCUT2D eigenvalue weighted by atomic mass is 35.5. The minimum absolute atomic E-state index is 0.184. The monoisotopic (exact) mass is 317 g/mol. The molecule has 2 rings (SSSR count). The third-order valence-electron chi connectivity index (χ3n) is 3.04. The van der Waals surface area contributed by atoms with E-state index in [0.717, 1.165) is 17.7 Å². The van der Waals surface area contributed by atoms with Crippen LogP contribution in [0.5, 0.6) is 0 Å². The molecule has 1 nitrogen and oxygen atoms in total. The Kier molecular flexibility index (Phi) is 4.42. The zero-order chi connectivity index (χ0) is 15.6. The lowest BCUT2D eigenvalue weighted by molar-refractivity contribution is -0.137. The third kappa shape index (κ3) is 3.88. The first-order valence-electron chi connectivity index (χ1n) is 6.16. The Hall–Kier alpha value is -1.75. The van der Waals surface area contributed by atoms with Crippen molar-refractivity contribution in [2.24, 2.45) is 0 Å². The molecule has 0 spiro atoms. The molecule has 1 atom stereocenters. The Morgan fingerprint density at radius 1 is 1.05 bits per heavy atom. The lowest BCUT2D eigenvalue weighted by Gasteiger charge is -2.18. The second-order valence-corrected chi connectivity index (χ2v) is 5.02. The van der Waals surface area contributed by atoms with Gasteiger partial charge in [0.15, 0.2) is 0 Å². The number of rotatable bonds is 3. The first-order chi connectivity index (χ1) is 9.77. The minimum atomic E-state index is -4.43. The molecule has 6 heteroatoms. The second-order valence-electron chi connectivity index (χ2n) is 4.61. The van der Waals surface area contributed by atoms with Gasteiger partial charge >= 0.3 is 6.18 Å². The van der Waals surface area contributed by atoms with E-state index in [0.29, 0.717) is 0 Å². The maximum absolute atomic E-state index is 12.9. The summed E-state index contributed by atoms with van der Waals surface area (Å²) in [4.78, 5) is 0. The SMILES string of the molecule is CC(Nc1cc(C(F)(F)F)ccc1Cl)c1ccc(F)cc1. The van der Waals surface area contributed by atoms with Crippen molar-refractivity contribution in [2.75, 3.05) is 5.32 Å². The summed E-state index contributed by atoms with van der Waals surface area (Å²) in [6.45, 7) is 1.75. The van der Waals surface area contributed by atoms with Crippen LogP contribution in [0.1, 0.15) is 24.1 Å². The van der Waals surface area contributed by atoms with Crippen LogP contribution in [0.2, 0.25) is 5.02 Å². The largest absolute Gasteiger partial charge is 0.416 e. The van der Waals surface area contributed by atoms with Gasteiger partial charge in [0.05, 0.1) is 16.3 Å². The Morgan fingerprint density at radius 3 is 2.24 bits per heavy atom. The van der Waals surface area contributed by atoms with Crippen molar-refractivity contribution >= 4 is 17.3 Å². The molecule has 0 saturated heterocycles. The standard InChI is InChI=1S/C15H12ClF4N/c1-9(10-2-5-12(17)6-3-10)21-14-8-11(15(18,19)20)4-7-13(14)16/h2-9,21H,1H3. The number of nitrogens with one attached hydrogen (secondary N) is 1. The quantitative estimate of drug-likeness (QED) is 0.719. The zero-order valence-corrected chi connectivity index (χ0v) is 11.8. The Bertz CT molecular complexity index is 623. The molecule has 0 saturated carbocycles. The first kappa shape index (κ1) is 15.6. The Morgan fingerprint density at radius 2 is 1.67 bits per heavy atom. The molecule has 1 N–H and O–H groups in total. The van der Waals surface area contributed by atoms with E-state index in [1.165, 1.54) is 18.2 Å². The Balaban J connectivity index is 2.24. The fourth-order valence-electron chi connectivity index (χ4n) is 1.88. The van der Waals surface area contributed by atoms with Crippen LogP contribution in [0.25, 0.3) is 0 Å². The van der Waals surface area contributed by atoms with Crippen molar-refractivity contribution < 1.29 is 17.6 Å². The molecule has 0 aliphatic rings. The zero-order valence-electron chi connectivity index (χ0n) is 11.0. The van der Waals surface area contributed by atoms with E-state index < -0.39 is 11.7 Å². The van der Waals surface area contributed by atoms with Crippen LogP contribution >= 0.6 is 11.6 Å². The highest BCUT2D eigenvalue weighted by molar-refractivity contribution is 6.33. The topological polar surface area (TPSA) is 12.0 Å². The molecule has 0 aromatic heterocycles. The van der Waals surface area contributed by atoms with Crippen molar-refractivity contribution in [1.82, 2.24) is 0 Å². The number of hydrogen-bond donors (Lipinski definition) is 1. The predicted molar refractivity (Wildman–Crippen MR) is 74.9 cm³/mol. The molecular formula is C15H12ClF4N. The van der Waals surface area contributed by atoms with E-state index in [-0.39, 0.29) is 22.6 Å². The lowest BCUT2D eigenvalue weighted by atomic mass is 10.1. The van der Waals surface area contributed by atoms with E-state index in [4.69, 9.17) is 11.6 Å². The number of halogens is 5. The number of anilines is 1. The maximum atomic E-state index is 12.9. The molecule has 1 unspecified atom stereocenters. The summed E-state index contributed by atoms with van der Waals surface area (Å²) in [6, 6.07) is 8.49. The van der Waals surface area contributed by atoms with E-state index in [9.17, 15) is 17.6 Å². The fourth-order valence-corrected chi connectivity index (χ4v) is 2.05. The van der Waals surface area contributed by atoms with E-state index in [1.54, 1.807) is 19.1 Å². The van der Waals surface area contributed by atoms with Gasteiger partial charge in [-0.3, -0.25) is 0 Å². The van der Waals surface area contributed by atoms with Gasteiger partial charge in [0.2, 0.25) is 0 Å². The average Bonchev–Trinajstić information content (AvgIpc) is 2.40. The summed E-state index contributed by atoms with van der Waals surface area (Å²) in [5.41, 5.74) is 0.147. The smallest absolute Gasteiger partial charge is 0.377 e. The summed E-state index contributed by atoms with van der Waals surface area (Å²) < 4.78 is 50.9. The van der Waals surface area contributed by atoms with Gasteiger partial charge in [-0.1, -0.05) is 23.7 Å². The van der Waals surface area contributed by atoms with Crippen LogP contribution in [0, 0.1) is 5.82 Å². The molecule has 2 aromatic carbocycles. The van der Waals surface area contributed by atoms with Crippen molar-refractivity contribution in [3.8, 4) is 0 Å². The van der Waals surface area contributed by atoms with Crippen LogP contribution in [0.3, 0.4) is 0 Å². The van der Waals surface area contributed by atoms with Crippen LogP contribution in [-0.4, -0.2) is 0 Å². The van der Waals surface area contributed by atoms with Gasteiger partial charge in [0.25, 0.3) is 0 Å². The molecule has 0 radical (unpaired) electrons. The molecule has 0 heterocycles. The molecular weight excluding hydrogens is 306 g/mol. The molecule has 0 bridgehead atoms. The fraction of sp³-hybridized carbons (Fsp3) is 0.200. The average molecular weight is 318 g/mol. The number of benzene rings is 2. The van der Waals surface area contributed by atoms with Gasteiger partial charge in [-0.15, -0.1) is 0 Å². The van der Waals surface area contributed by atoms with Crippen molar-refractivity contribution in [3.05, 3.63) is 64.4 Å². The van der Waals surface area contributed by atoms with Crippen molar-refractivity contribution in [2.45, 2.75) is 19.1 Å². The van der Waals surface area contributed by atoms with Gasteiger partial charge in [-0.2, -0.15) is 13.2 Å². The van der Waals surface area contributed by atoms with Crippen molar-refractivity contribution in [3.63, 3.8) is 0 Å². The highest BCUT2D eigenvalue weighted by Crippen LogP contribution is 2.35. The molecule has 2 aromatic rings. The summed E-state index contributed by atoms with van der Waals surface area (Å²) >= 11 is 5.91.